The molecule has 0 radical (unpaired) electrons. The first-order valence-electron chi connectivity index (χ1n) is 8.36. The van der Waals surface area contributed by atoms with E-state index < -0.39 is 0 Å². The van der Waals surface area contributed by atoms with E-state index in [9.17, 15) is 4.79 Å². The fraction of sp³-hybridized carbons (Fsp3) is 0.200. The van der Waals surface area contributed by atoms with Gasteiger partial charge in [0.1, 0.15) is 12.4 Å². The van der Waals surface area contributed by atoms with Crippen LogP contribution in [0.15, 0.2) is 60.8 Å². The molecule has 0 atom stereocenters. The van der Waals surface area contributed by atoms with Gasteiger partial charge in [-0.25, -0.2) is 4.79 Å². The third kappa shape index (κ3) is 4.70. The number of anilines is 1. The van der Waals surface area contributed by atoms with Crippen LogP contribution in [-0.2, 0) is 6.42 Å². The molecule has 0 aliphatic heterocycles. The Morgan fingerprint density at radius 3 is 2.76 bits per heavy atom. The minimum absolute atomic E-state index is 0.240. The molecule has 0 bridgehead atoms. The van der Waals surface area contributed by atoms with Crippen molar-refractivity contribution in [2.45, 2.75) is 13.3 Å². The maximum Gasteiger partial charge on any atom is 0.319 e. The number of ether oxygens (including phenoxy) is 1. The molecule has 128 valence electrons. The Morgan fingerprint density at radius 2 is 1.96 bits per heavy atom. The van der Waals surface area contributed by atoms with Crippen molar-refractivity contribution in [3.63, 3.8) is 0 Å². The molecule has 1 heterocycles. The molecule has 2 aromatic carbocycles. The van der Waals surface area contributed by atoms with E-state index >= 15 is 0 Å². The number of nitrogens with one attached hydrogen (secondary N) is 2. The first kappa shape index (κ1) is 16.8. The van der Waals surface area contributed by atoms with Gasteiger partial charge in [-0.15, -0.1) is 0 Å². The zero-order valence-corrected chi connectivity index (χ0v) is 14.2. The van der Waals surface area contributed by atoms with Crippen molar-refractivity contribution in [1.29, 1.82) is 0 Å². The number of benzene rings is 2. The van der Waals surface area contributed by atoms with Gasteiger partial charge in [0.25, 0.3) is 0 Å². The number of aromatic nitrogens is 1. The Morgan fingerprint density at radius 1 is 1.12 bits per heavy atom. The van der Waals surface area contributed by atoms with Crippen LogP contribution in [0.25, 0.3) is 10.9 Å². The highest BCUT2D eigenvalue weighted by atomic mass is 16.5. The number of nitrogens with zero attached hydrogens (tertiary/aromatic N) is 1. The summed E-state index contributed by atoms with van der Waals surface area (Å²) in [4.78, 5) is 16.1. The number of carbonyl (C=O) groups is 1. The van der Waals surface area contributed by atoms with Gasteiger partial charge in [0.15, 0.2) is 0 Å². The zero-order valence-electron chi connectivity index (χ0n) is 14.2. The molecule has 2 amide bonds. The van der Waals surface area contributed by atoms with Crippen LogP contribution in [0.5, 0.6) is 5.75 Å². The van der Waals surface area contributed by atoms with E-state index in [2.05, 4.69) is 22.5 Å². The molecular weight excluding hydrogens is 314 g/mol. The van der Waals surface area contributed by atoms with Crippen LogP contribution < -0.4 is 15.4 Å². The molecule has 0 aliphatic carbocycles. The Hall–Kier alpha value is -3.08. The first-order chi connectivity index (χ1) is 12.2. The Bertz CT molecular complexity index is 847. The van der Waals surface area contributed by atoms with Crippen molar-refractivity contribution in [2.24, 2.45) is 0 Å². The number of rotatable bonds is 6. The third-order valence-corrected chi connectivity index (χ3v) is 3.85. The minimum Gasteiger partial charge on any atom is -0.492 e. The van der Waals surface area contributed by atoms with Crippen molar-refractivity contribution >= 4 is 22.6 Å². The number of carbonyl (C=O) groups excluding carboxylic acids is 1. The maximum atomic E-state index is 11.9. The Balaban J connectivity index is 1.43. The molecule has 2 N–H and O–H groups in total. The van der Waals surface area contributed by atoms with Crippen LogP contribution in [0.1, 0.15) is 12.5 Å². The molecule has 1 aromatic heterocycles. The second kappa shape index (κ2) is 8.15. The maximum absolute atomic E-state index is 11.9. The lowest BCUT2D eigenvalue weighted by Gasteiger charge is -2.10. The molecule has 5 heteroatoms. The van der Waals surface area contributed by atoms with E-state index in [0.29, 0.717) is 13.2 Å². The highest BCUT2D eigenvalue weighted by molar-refractivity contribution is 5.89. The smallest absolute Gasteiger partial charge is 0.319 e. The van der Waals surface area contributed by atoms with Gasteiger partial charge in [-0.05, 0) is 48.4 Å². The molecular formula is C20H21N3O2. The standard InChI is InChI=1S/C20H21N3O2/c1-2-15-5-7-17(8-6-15)23-20(24)22-12-13-25-18-9-10-19-16(14-18)4-3-11-21-19/h3-11,14H,2,12-13H2,1H3,(H2,22,23,24). The van der Waals surface area contributed by atoms with Gasteiger partial charge in [-0.2, -0.15) is 0 Å². The van der Waals surface area contributed by atoms with E-state index in [0.717, 1.165) is 28.8 Å². The van der Waals surface area contributed by atoms with Crippen LogP contribution in [0.4, 0.5) is 10.5 Å². The molecule has 3 aromatic rings. The summed E-state index contributed by atoms with van der Waals surface area (Å²) in [5.74, 6) is 0.762. The molecule has 3 rings (SSSR count). The van der Waals surface area contributed by atoms with E-state index in [1.54, 1.807) is 6.20 Å². The normalized spacial score (nSPS) is 10.4. The molecule has 0 saturated carbocycles. The number of hydrogen-bond donors (Lipinski definition) is 2. The van der Waals surface area contributed by atoms with Crippen molar-refractivity contribution in [3.05, 3.63) is 66.4 Å². The molecule has 0 saturated heterocycles. The number of fused-ring (bicyclic) bond motifs is 1. The summed E-state index contributed by atoms with van der Waals surface area (Å²) in [5, 5.41) is 6.61. The van der Waals surface area contributed by atoms with Crippen LogP contribution >= 0.6 is 0 Å². The number of pyridine rings is 1. The summed E-state index contributed by atoms with van der Waals surface area (Å²) in [7, 11) is 0. The fourth-order valence-electron chi connectivity index (χ4n) is 2.48. The van der Waals surface area contributed by atoms with Gasteiger partial charge in [0.2, 0.25) is 0 Å². The lowest BCUT2D eigenvalue weighted by Crippen LogP contribution is -2.32. The average Bonchev–Trinajstić information content (AvgIpc) is 2.66. The Kier molecular flexibility index (Phi) is 5.46. The van der Waals surface area contributed by atoms with Gasteiger partial charge in [0, 0.05) is 17.3 Å². The molecule has 0 fully saturated rings. The number of hydrogen-bond acceptors (Lipinski definition) is 3. The summed E-state index contributed by atoms with van der Waals surface area (Å²) >= 11 is 0. The minimum atomic E-state index is -0.240. The topological polar surface area (TPSA) is 63.2 Å². The SMILES string of the molecule is CCc1ccc(NC(=O)NCCOc2ccc3ncccc3c2)cc1. The van der Waals surface area contributed by atoms with Crippen molar-refractivity contribution in [3.8, 4) is 5.75 Å². The van der Waals surface area contributed by atoms with E-state index in [1.807, 2.05) is 54.6 Å². The largest absolute Gasteiger partial charge is 0.492 e. The molecule has 0 aliphatic rings. The van der Waals surface area contributed by atoms with Gasteiger partial charge in [-0.3, -0.25) is 4.98 Å². The predicted molar refractivity (Wildman–Crippen MR) is 100 cm³/mol. The predicted octanol–water partition coefficient (Wildman–Crippen LogP) is 4.00. The summed E-state index contributed by atoms with van der Waals surface area (Å²) in [6.45, 7) is 2.92. The average molecular weight is 335 g/mol. The molecule has 25 heavy (non-hydrogen) atoms. The molecule has 0 unspecified atom stereocenters. The number of amides is 2. The van der Waals surface area contributed by atoms with Crippen LogP contribution in [0, 0.1) is 0 Å². The highest BCUT2D eigenvalue weighted by Gasteiger charge is 2.02. The second-order valence-corrected chi connectivity index (χ2v) is 5.64. The lowest BCUT2D eigenvalue weighted by molar-refractivity contribution is 0.247. The van der Waals surface area contributed by atoms with Crippen LogP contribution in [-0.4, -0.2) is 24.2 Å². The number of urea groups is 1. The molecule has 0 spiro atoms. The van der Waals surface area contributed by atoms with E-state index in [1.165, 1.54) is 5.56 Å². The van der Waals surface area contributed by atoms with E-state index in [4.69, 9.17) is 4.74 Å². The van der Waals surface area contributed by atoms with Gasteiger partial charge < -0.3 is 15.4 Å². The van der Waals surface area contributed by atoms with Crippen molar-refractivity contribution in [2.75, 3.05) is 18.5 Å². The van der Waals surface area contributed by atoms with Crippen LogP contribution in [0.2, 0.25) is 0 Å². The Labute approximate surface area is 147 Å². The van der Waals surface area contributed by atoms with Gasteiger partial charge >= 0.3 is 6.03 Å². The zero-order chi connectivity index (χ0) is 17.5. The monoisotopic (exact) mass is 335 g/mol. The van der Waals surface area contributed by atoms with Crippen molar-refractivity contribution in [1.82, 2.24) is 10.3 Å². The van der Waals surface area contributed by atoms with Gasteiger partial charge in [-0.1, -0.05) is 25.1 Å². The number of aryl methyl sites for hydroxylation is 1. The van der Waals surface area contributed by atoms with Crippen LogP contribution in [0.3, 0.4) is 0 Å². The van der Waals surface area contributed by atoms with E-state index in [-0.39, 0.29) is 6.03 Å². The summed E-state index contributed by atoms with van der Waals surface area (Å²) in [5.41, 5.74) is 2.95. The molecule has 5 nitrogen and oxygen atoms in total. The first-order valence-corrected chi connectivity index (χ1v) is 8.36. The summed E-state index contributed by atoms with van der Waals surface area (Å²) in [6, 6.07) is 17.2. The van der Waals surface area contributed by atoms with Crippen molar-refractivity contribution < 1.29 is 9.53 Å². The summed E-state index contributed by atoms with van der Waals surface area (Å²) in [6.07, 6.45) is 2.75. The van der Waals surface area contributed by atoms with Gasteiger partial charge in [0.05, 0.1) is 12.1 Å². The lowest BCUT2D eigenvalue weighted by atomic mass is 10.1. The second-order valence-electron chi connectivity index (χ2n) is 5.64. The highest BCUT2D eigenvalue weighted by Crippen LogP contribution is 2.18. The third-order valence-electron chi connectivity index (χ3n) is 3.85. The fourth-order valence-corrected chi connectivity index (χ4v) is 2.48. The quantitative estimate of drug-likeness (QED) is 0.669. The summed E-state index contributed by atoms with van der Waals surface area (Å²) < 4.78 is 5.67.